The highest BCUT2D eigenvalue weighted by Gasteiger charge is 2.38. The van der Waals surface area contributed by atoms with Crippen LogP contribution >= 0.6 is 0 Å². The van der Waals surface area contributed by atoms with Gasteiger partial charge in [-0.2, -0.15) is 0 Å². The van der Waals surface area contributed by atoms with Crippen molar-refractivity contribution in [2.75, 3.05) is 13.7 Å². The Morgan fingerprint density at radius 2 is 2.24 bits per heavy atom. The number of ketones is 1. The second kappa shape index (κ2) is 4.57. The molecule has 0 N–H and O–H groups in total. The number of hydrogen-bond acceptors (Lipinski definition) is 4. The van der Waals surface area contributed by atoms with Crippen molar-refractivity contribution in [3.63, 3.8) is 0 Å². The summed E-state index contributed by atoms with van der Waals surface area (Å²) in [6, 6.07) is 5.39. The van der Waals surface area contributed by atoms with E-state index < -0.39 is 11.9 Å². The van der Waals surface area contributed by atoms with Crippen molar-refractivity contribution in [2.24, 2.45) is 5.92 Å². The van der Waals surface area contributed by atoms with Gasteiger partial charge < -0.3 is 9.47 Å². The number of Topliss-reactive ketones (excluding diaryl/α,β-unsaturated/α-hetero) is 1. The maximum atomic E-state index is 12.1. The highest BCUT2D eigenvalue weighted by molar-refractivity contribution is 6.13. The van der Waals surface area contributed by atoms with Crippen molar-refractivity contribution in [2.45, 2.75) is 13.3 Å². The molecule has 0 saturated carbocycles. The number of benzene rings is 1. The summed E-state index contributed by atoms with van der Waals surface area (Å²) in [5, 5.41) is 0. The van der Waals surface area contributed by atoms with Gasteiger partial charge in [0, 0.05) is 0 Å². The van der Waals surface area contributed by atoms with E-state index in [0.717, 1.165) is 5.56 Å². The van der Waals surface area contributed by atoms with Gasteiger partial charge in [-0.15, -0.1) is 0 Å². The molecule has 0 bridgehead atoms. The monoisotopic (exact) mass is 234 g/mol. The van der Waals surface area contributed by atoms with Crippen LogP contribution in [-0.2, 0) is 16.0 Å². The lowest BCUT2D eigenvalue weighted by atomic mass is 10.1. The number of methoxy groups -OCH3 is 1. The highest BCUT2D eigenvalue weighted by Crippen LogP contribution is 2.34. The predicted octanol–water partition coefficient (Wildman–Crippen LogP) is 1.61. The molecule has 4 nitrogen and oxygen atoms in total. The number of rotatable bonds is 3. The SMILES string of the molecule is CCOC(=O)C1Cc2cccc(OC)c2C1=O. The van der Waals surface area contributed by atoms with Crippen LogP contribution in [0.3, 0.4) is 0 Å². The molecule has 0 aliphatic heterocycles. The second-order valence-electron chi connectivity index (χ2n) is 3.87. The lowest BCUT2D eigenvalue weighted by Crippen LogP contribution is -2.23. The van der Waals surface area contributed by atoms with Crippen LogP contribution in [0.15, 0.2) is 18.2 Å². The molecule has 0 heterocycles. The van der Waals surface area contributed by atoms with Crippen molar-refractivity contribution in [3.8, 4) is 5.75 Å². The van der Waals surface area contributed by atoms with Gasteiger partial charge in [-0.1, -0.05) is 12.1 Å². The Labute approximate surface area is 99.5 Å². The number of carbonyl (C=O) groups is 2. The summed E-state index contributed by atoms with van der Waals surface area (Å²) >= 11 is 0. The predicted molar refractivity (Wildman–Crippen MR) is 61.2 cm³/mol. The van der Waals surface area contributed by atoms with Gasteiger partial charge in [0.25, 0.3) is 0 Å². The second-order valence-corrected chi connectivity index (χ2v) is 3.87. The van der Waals surface area contributed by atoms with Crippen molar-refractivity contribution in [1.82, 2.24) is 0 Å². The highest BCUT2D eigenvalue weighted by atomic mass is 16.5. The van der Waals surface area contributed by atoms with Gasteiger partial charge in [-0.25, -0.2) is 0 Å². The van der Waals surface area contributed by atoms with E-state index in [4.69, 9.17) is 9.47 Å². The van der Waals surface area contributed by atoms with E-state index in [0.29, 0.717) is 17.7 Å². The number of ether oxygens (including phenoxy) is 2. The fourth-order valence-electron chi connectivity index (χ4n) is 2.12. The fourth-order valence-corrected chi connectivity index (χ4v) is 2.12. The third kappa shape index (κ3) is 1.90. The molecular formula is C13H14O4. The van der Waals surface area contributed by atoms with Crippen LogP contribution in [-0.4, -0.2) is 25.5 Å². The molecule has 0 fully saturated rings. The van der Waals surface area contributed by atoms with Gasteiger partial charge in [-0.05, 0) is 25.0 Å². The lowest BCUT2D eigenvalue weighted by molar-refractivity contribution is -0.145. The first-order chi connectivity index (χ1) is 8.19. The number of hydrogen-bond donors (Lipinski definition) is 0. The van der Waals surface area contributed by atoms with Gasteiger partial charge >= 0.3 is 5.97 Å². The minimum Gasteiger partial charge on any atom is -0.496 e. The number of fused-ring (bicyclic) bond motifs is 1. The molecule has 0 saturated heterocycles. The largest absolute Gasteiger partial charge is 0.496 e. The summed E-state index contributed by atoms with van der Waals surface area (Å²) in [5.74, 6) is -0.827. The van der Waals surface area contributed by atoms with E-state index in [9.17, 15) is 9.59 Å². The Morgan fingerprint density at radius 1 is 1.47 bits per heavy atom. The van der Waals surface area contributed by atoms with E-state index in [2.05, 4.69) is 0 Å². The first kappa shape index (κ1) is 11.6. The van der Waals surface area contributed by atoms with E-state index in [1.807, 2.05) is 12.1 Å². The molecule has 1 aliphatic rings. The minimum absolute atomic E-state index is 0.198. The van der Waals surface area contributed by atoms with Crippen LogP contribution in [0.5, 0.6) is 5.75 Å². The van der Waals surface area contributed by atoms with Gasteiger partial charge in [0.15, 0.2) is 5.78 Å². The van der Waals surface area contributed by atoms with Crippen LogP contribution in [0, 0.1) is 5.92 Å². The molecule has 1 atom stereocenters. The third-order valence-corrected chi connectivity index (χ3v) is 2.89. The molecule has 2 rings (SSSR count). The maximum absolute atomic E-state index is 12.1. The van der Waals surface area contributed by atoms with Crippen molar-refractivity contribution >= 4 is 11.8 Å². The van der Waals surface area contributed by atoms with Crippen LogP contribution < -0.4 is 4.74 Å². The first-order valence-electron chi connectivity index (χ1n) is 5.55. The molecule has 17 heavy (non-hydrogen) atoms. The maximum Gasteiger partial charge on any atom is 0.317 e. The smallest absolute Gasteiger partial charge is 0.317 e. The quantitative estimate of drug-likeness (QED) is 0.589. The average Bonchev–Trinajstić information content (AvgIpc) is 2.67. The van der Waals surface area contributed by atoms with Crippen molar-refractivity contribution < 1.29 is 19.1 Å². The van der Waals surface area contributed by atoms with Crippen LogP contribution in [0.25, 0.3) is 0 Å². The average molecular weight is 234 g/mol. The Morgan fingerprint density at radius 3 is 2.88 bits per heavy atom. The number of carbonyl (C=O) groups excluding carboxylic acids is 2. The fraction of sp³-hybridized carbons (Fsp3) is 0.385. The van der Waals surface area contributed by atoms with Gasteiger partial charge in [-0.3, -0.25) is 9.59 Å². The zero-order valence-electron chi connectivity index (χ0n) is 9.86. The summed E-state index contributed by atoms with van der Waals surface area (Å²) < 4.78 is 10.0. The molecule has 0 aromatic heterocycles. The van der Waals surface area contributed by atoms with E-state index in [-0.39, 0.29) is 12.4 Å². The van der Waals surface area contributed by atoms with Gasteiger partial charge in [0.2, 0.25) is 0 Å². The van der Waals surface area contributed by atoms with E-state index in [1.165, 1.54) is 7.11 Å². The molecule has 1 aromatic rings. The lowest BCUT2D eigenvalue weighted by Gasteiger charge is -2.07. The van der Waals surface area contributed by atoms with Crippen LogP contribution in [0.2, 0.25) is 0 Å². The molecule has 1 aliphatic carbocycles. The van der Waals surface area contributed by atoms with Crippen molar-refractivity contribution in [3.05, 3.63) is 29.3 Å². The first-order valence-corrected chi connectivity index (χ1v) is 5.55. The van der Waals surface area contributed by atoms with Gasteiger partial charge in [0.1, 0.15) is 11.7 Å². The Kier molecular flexibility index (Phi) is 3.13. The molecule has 90 valence electrons. The Hall–Kier alpha value is -1.84. The minimum atomic E-state index is -0.707. The summed E-state index contributed by atoms with van der Waals surface area (Å²) in [4.78, 5) is 23.8. The Bertz CT molecular complexity index is 464. The molecule has 0 radical (unpaired) electrons. The van der Waals surface area contributed by atoms with Gasteiger partial charge in [0.05, 0.1) is 19.3 Å². The molecule has 0 amide bonds. The normalized spacial score (nSPS) is 17.8. The summed E-state index contributed by atoms with van der Waals surface area (Å²) in [6.45, 7) is 2.02. The summed E-state index contributed by atoms with van der Waals surface area (Å²) in [7, 11) is 1.51. The molecule has 1 aromatic carbocycles. The molecule has 0 spiro atoms. The topological polar surface area (TPSA) is 52.6 Å². The van der Waals surface area contributed by atoms with E-state index >= 15 is 0 Å². The molecule has 1 unspecified atom stereocenters. The van der Waals surface area contributed by atoms with E-state index in [1.54, 1.807) is 13.0 Å². The number of esters is 1. The summed E-state index contributed by atoms with van der Waals surface area (Å²) in [6.07, 6.45) is 0.407. The third-order valence-electron chi connectivity index (χ3n) is 2.89. The Balaban J connectivity index is 2.33. The molecular weight excluding hydrogens is 220 g/mol. The zero-order valence-corrected chi connectivity index (χ0v) is 9.86. The van der Waals surface area contributed by atoms with Crippen molar-refractivity contribution in [1.29, 1.82) is 0 Å². The van der Waals surface area contributed by atoms with Crippen LogP contribution in [0.4, 0.5) is 0 Å². The molecule has 4 heteroatoms. The van der Waals surface area contributed by atoms with Crippen LogP contribution in [0.1, 0.15) is 22.8 Å². The summed E-state index contributed by atoms with van der Waals surface area (Å²) in [5.41, 5.74) is 1.38. The zero-order chi connectivity index (χ0) is 12.4. The standard InChI is InChI=1S/C13H14O4/c1-3-17-13(15)9-7-8-5-4-6-10(16-2)11(8)12(9)14/h4-6,9H,3,7H2,1-2H3.